The van der Waals surface area contributed by atoms with E-state index in [0.717, 1.165) is 11.2 Å². The molecule has 0 aliphatic carbocycles. The SMILES string of the molecule is CC(C)c1cc(-c2ncnc3c2sc2ccccc23)cc2[se]c3[se]c4ccccc4c3c12. The van der Waals surface area contributed by atoms with Crippen molar-refractivity contribution in [3.63, 3.8) is 0 Å². The van der Waals surface area contributed by atoms with E-state index in [-0.39, 0.29) is 0 Å². The minimum atomic E-state index is 0.398. The van der Waals surface area contributed by atoms with Gasteiger partial charge in [0.15, 0.2) is 0 Å². The van der Waals surface area contributed by atoms with E-state index in [2.05, 4.69) is 79.5 Å². The number of hydrogen-bond acceptors (Lipinski definition) is 3. The molecule has 4 aromatic heterocycles. The Kier molecular flexibility index (Phi) is 4.28. The summed E-state index contributed by atoms with van der Waals surface area (Å²) in [5, 5.41) is 5.78. The van der Waals surface area contributed by atoms with Crippen LogP contribution >= 0.6 is 11.3 Å². The maximum absolute atomic E-state index is 4.80. The third-order valence-electron chi connectivity index (χ3n) is 6.20. The van der Waals surface area contributed by atoms with E-state index >= 15 is 0 Å². The van der Waals surface area contributed by atoms with E-state index in [4.69, 9.17) is 4.98 Å². The Hall–Kier alpha value is -2.26. The number of rotatable bonds is 2. The molecular formula is C27H18N2SSe2. The molecule has 0 radical (unpaired) electrons. The molecule has 0 unspecified atom stereocenters. The molecule has 0 N–H and O–H groups in total. The topological polar surface area (TPSA) is 25.8 Å². The molecule has 0 aliphatic heterocycles. The average Bonchev–Trinajstić information content (AvgIpc) is 3.47. The number of nitrogens with zero attached hydrogens (tertiary/aromatic N) is 2. The summed E-state index contributed by atoms with van der Waals surface area (Å²) in [6.07, 6.45) is 1.74. The van der Waals surface area contributed by atoms with E-state index in [1.165, 1.54) is 40.9 Å². The van der Waals surface area contributed by atoms with Gasteiger partial charge in [0.25, 0.3) is 0 Å². The van der Waals surface area contributed by atoms with Gasteiger partial charge in [-0.05, 0) is 0 Å². The molecule has 5 heteroatoms. The molecule has 0 bridgehead atoms. The number of aromatic nitrogens is 2. The summed E-state index contributed by atoms with van der Waals surface area (Å²) >= 11 is 2.67. The van der Waals surface area contributed by atoms with Crippen molar-refractivity contribution >= 4 is 88.5 Å². The third kappa shape index (κ3) is 2.70. The number of fused-ring (bicyclic) bond motifs is 8. The Labute approximate surface area is 201 Å². The molecule has 7 aromatic rings. The summed E-state index contributed by atoms with van der Waals surface area (Å²) < 4.78 is 7.27. The monoisotopic (exact) mass is 562 g/mol. The van der Waals surface area contributed by atoms with Crippen LogP contribution in [0.15, 0.2) is 67.0 Å². The molecule has 154 valence electrons. The Bertz CT molecular complexity index is 1820. The van der Waals surface area contributed by atoms with Crippen LogP contribution in [-0.4, -0.2) is 39.0 Å². The van der Waals surface area contributed by atoms with Gasteiger partial charge in [0.2, 0.25) is 0 Å². The average molecular weight is 560 g/mol. The number of benzene rings is 3. The second-order valence-electron chi connectivity index (χ2n) is 8.45. The van der Waals surface area contributed by atoms with Gasteiger partial charge in [0.05, 0.1) is 0 Å². The maximum atomic E-state index is 4.80. The summed E-state index contributed by atoms with van der Waals surface area (Å²) in [4.78, 5) is 9.46. The van der Waals surface area contributed by atoms with Crippen LogP contribution < -0.4 is 0 Å². The predicted octanol–water partition coefficient (Wildman–Crippen LogP) is 7.21. The molecule has 0 fully saturated rings. The van der Waals surface area contributed by atoms with E-state index in [0.29, 0.717) is 34.9 Å². The third-order valence-corrected chi connectivity index (χ3v) is 13.2. The normalized spacial score (nSPS) is 12.3. The molecule has 3 aromatic carbocycles. The van der Waals surface area contributed by atoms with Gasteiger partial charge in [-0.1, -0.05) is 0 Å². The van der Waals surface area contributed by atoms with Crippen LogP contribution in [0.1, 0.15) is 25.3 Å². The van der Waals surface area contributed by atoms with Gasteiger partial charge >= 0.3 is 202 Å². The molecule has 4 heterocycles. The zero-order valence-electron chi connectivity index (χ0n) is 17.5. The minimum absolute atomic E-state index is 0.398. The molecule has 0 atom stereocenters. The van der Waals surface area contributed by atoms with Gasteiger partial charge in [0.1, 0.15) is 0 Å². The van der Waals surface area contributed by atoms with Gasteiger partial charge in [-0.25, -0.2) is 0 Å². The molecule has 2 nitrogen and oxygen atoms in total. The van der Waals surface area contributed by atoms with E-state index < -0.39 is 0 Å². The Balaban J connectivity index is 1.58. The van der Waals surface area contributed by atoms with Crippen molar-refractivity contribution in [2.24, 2.45) is 0 Å². The Morgan fingerprint density at radius 1 is 0.812 bits per heavy atom. The van der Waals surface area contributed by atoms with Crippen molar-refractivity contribution in [1.29, 1.82) is 0 Å². The quantitative estimate of drug-likeness (QED) is 0.209. The Morgan fingerprint density at radius 3 is 2.47 bits per heavy atom. The molecule has 0 amide bonds. The van der Waals surface area contributed by atoms with Crippen LogP contribution in [0.4, 0.5) is 0 Å². The van der Waals surface area contributed by atoms with Gasteiger partial charge < -0.3 is 0 Å². The first kappa shape index (κ1) is 19.2. The summed E-state index contributed by atoms with van der Waals surface area (Å²) in [6.45, 7) is 4.65. The summed E-state index contributed by atoms with van der Waals surface area (Å²) in [6, 6.07) is 22.4. The molecular weight excluding hydrogens is 542 g/mol. The summed E-state index contributed by atoms with van der Waals surface area (Å²) in [5.74, 6) is 0.464. The van der Waals surface area contributed by atoms with Crippen LogP contribution in [0.5, 0.6) is 0 Å². The molecule has 0 spiro atoms. The predicted molar refractivity (Wildman–Crippen MR) is 141 cm³/mol. The van der Waals surface area contributed by atoms with Crippen molar-refractivity contribution in [2.75, 3.05) is 0 Å². The van der Waals surface area contributed by atoms with E-state index in [9.17, 15) is 0 Å². The van der Waals surface area contributed by atoms with Crippen LogP contribution in [0.25, 0.3) is 59.4 Å². The molecule has 0 aliphatic rings. The van der Waals surface area contributed by atoms with Crippen molar-refractivity contribution in [2.45, 2.75) is 19.8 Å². The van der Waals surface area contributed by atoms with Gasteiger partial charge in [0, 0.05) is 0 Å². The van der Waals surface area contributed by atoms with Gasteiger partial charge in [-0.15, -0.1) is 0 Å². The first-order valence-corrected chi connectivity index (χ1v) is 14.9. The standard InChI is InChI=1S/C27H18N2SSe2/c1-14(2)18-11-15(24-26-25(29-13-28-24)16-7-3-5-9-19(16)30-26)12-21-22(18)23-17-8-4-6-10-20(17)31-27(23)32-21/h3-14H,1-2H3. The van der Waals surface area contributed by atoms with Gasteiger partial charge in [-0.3, -0.25) is 0 Å². The molecule has 7 rings (SSSR count). The van der Waals surface area contributed by atoms with Crippen LogP contribution in [0.2, 0.25) is 0 Å². The van der Waals surface area contributed by atoms with Crippen molar-refractivity contribution in [1.82, 2.24) is 9.97 Å². The van der Waals surface area contributed by atoms with Crippen LogP contribution in [0, 0.1) is 0 Å². The molecule has 0 saturated carbocycles. The van der Waals surface area contributed by atoms with Crippen LogP contribution in [-0.2, 0) is 0 Å². The number of hydrogen-bond donors (Lipinski definition) is 0. The van der Waals surface area contributed by atoms with Crippen molar-refractivity contribution in [3.8, 4) is 11.3 Å². The first-order chi connectivity index (χ1) is 15.7. The Morgan fingerprint density at radius 2 is 1.59 bits per heavy atom. The second-order valence-corrected chi connectivity index (χ2v) is 15.2. The first-order valence-electron chi connectivity index (χ1n) is 10.7. The number of thiophene rings is 1. The van der Waals surface area contributed by atoms with E-state index in [1.54, 1.807) is 19.1 Å². The van der Waals surface area contributed by atoms with E-state index in [1.807, 2.05) is 11.3 Å². The fraction of sp³-hybridized carbons (Fsp3) is 0.111. The zero-order chi connectivity index (χ0) is 21.4. The second kappa shape index (κ2) is 7.12. The van der Waals surface area contributed by atoms with Crippen LogP contribution in [0.3, 0.4) is 0 Å². The van der Waals surface area contributed by atoms with Crippen molar-refractivity contribution < 1.29 is 0 Å². The zero-order valence-corrected chi connectivity index (χ0v) is 21.8. The fourth-order valence-corrected chi connectivity index (χ4v) is 12.5. The van der Waals surface area contributed by atoms with Gasteiger partial charge in [-0.2, -0.15) is 0 Å². The summed E-state index contributed by atoms with van der Waals surface area (Å²) in [7, 11) is 0. The summed E-state index contributed by atoms with van der Waals surface area (Å²) in [5.41, 5.74) is 4.86. The fourth-order valence-electron chi connectivity index (χ4n) is 4.74. The molecule has 32 heavy (non-hydrogen) atoms. The van der Waals surface area contributed by atoms with Crippen molar-refractivity contribution in [3.05, 3.63) is 72.6 Å². The molecule has 0 saturated heterocycles.